The molecule has 1 atom stereocenters. The summed E-state index contributed by atoms with van der Waals surface area (Å²) >= 11 is 1.46. The lowest BCUT2D eigenvalue weighted by Gasteiger charge is -2.22. The summed E-state index contributed by atoms with van der Waals surface area (Å²) in [6.07, 6.45) is 0.279. The molecule has 0 saturated heterocycles. The molecule has 3 aromatic carbocycles. The number of ketones is 1. The molecular formula is C28H30N2O5S. The van der Waals surface area contributed by atoms with Gasteiger partial charge >= 0.3 is 6.09 Å². The lowest BCUT2D eigenvalue weighted by atomic mass is 10.0. The molecular weight excluding hydrogens is 476 g/mol. The Labute approximate surface area is 215 Å². The maximum atomic E-state index is 12.9. The first-order chi connectivity index (χ1) is 17.1. The number of alkyl carbamates (subject to hydrolysis) is 1. The largest absolute Gasteiger partial charge is 0.444 e. The molecule has 7 nitrogen and oxygen atoms in total. The number of ether oxygens (including phenoxy) is 1. The zero-order valence-corrected chi connectivity index (χ0v) is 21.4. The van der Waals surface area contributed by atoms with Crippen LogP contribution in [0, 0.1) is 10.1 Å². The van der Waals surface area contributed by atoms with Crippen LogP contribution in [-0.4, -0.2) is 34.2 Å². The Hall–Kier alpha value is -3.65. The number of carbonyl (C=O) groups excluding carboxylic acids is 2. The molecule has 1 N–H and O–H groups in total. The molecule has 0 radical (unpaired) electrons. The van der Waals surface area contributed by atoms with Crippen molar-refractivity contribution in [2.45, 2.75) is 49.4 Å². The molecule has 188 valence electrons. The highest BCUT2D eigenvalue weighted by molar-refractivity contribution is 8.00. The van der Waals surface area contributed by atoms with E-state index in [0.29, 0.717) is 18.4 Å². The van der Waals surface area contributed by atoms with E-state index in [0.717, 1.165) is 16.0 Å². The number of rotatable bonds is 10. The van der Waals surface area contributed by atoms with Gasteiger partial charge in [-0.2, -0.15) is 0 Å². The van der Waals surface area contributed by atoms with Crippen LogP contribution in [0.25, 0.3) is 11.1 Å². The van der Waals surface area contributed by atoms with E-state index in [1.165, 1.54) is 23.9 Å². The number of nitrogens with one attached hydrogen (secondary N) is 1. The first-order valence-electron chi connectivity index (χ1n) is 11.7. The number of carbonyl (C=O) groups is 2. The Balaban J connectivity index is 1.64. The van der Waals surface area contributed by atoms with Crippen LogP contribution in [-0.2, 0) is 4.74 Å². The normalized spacial score (nSPS) is 12.0. The van der Waals surface area contributed by atoms with Crippen LogP contribution in [0.4, 0.5) is 10.5 Å². The third kappa shape index (κ3) is 8.53. The fourth-order valence-electron chi connectivity index (χ4n) is 3.47. The Morgan fingerprint density at radius 2 is 1.56 bits per heavy atom. The zero-order chi connectivity index (χ0) is 26.1. The van der Waals surface area contributed by atoms with Crippen LogP contribution in [0.15, 0.2) is 83.8 Å². The molecule has 3 rings (SSSR count). The summed E-state index contributed by atoms with van der Waals surface area (Å²) in [7, 11) is 0. The summed E-state index contributed by atoms with van der Waals surface area (Å²) in [6, 6.07) is 23.7. The van der Waals surface area contributed by atoms with Gasteiger partial charge in [-0.25, -0.2) is 4.79 Å². The maximum Gasteiger partial charge on any atom is 0.407 e. The lowest BCUT2D eigenvalue weighted by Crippen LogP contribution is -2.36. The van der Waals surface area contributed by atoms with Gasteiger partial charge in [-0.15, -0.1) is 11.8 Å². The summed E-state index contributed by atoms with van der Waals surface area (Å²) in [5, 5.41) is 13.6. The standard InChI is InChI=1S/C28H30N2O5S/c1-28(2,3)35-27(32)29-19-25(36-24-15-13-23(14-16-24)30(33)34)17-18-26(31)22-11-9-21(10-12-22)20-7-5-4-6-8-20/h4-16,25H,17-19H2,1-3H3,(H,29,32). The van der Waals surface area contributed by atoms with Gasteiger partial charge in [0.05, 0.1) is 4.92 Å². The van der Waals surface area contributed by atoms with Gasteiger partial charge in [-0.1, -0.05) is 54.6 Å². The van der Waals surface area contributed by atoms with E-state index in [-0.39, 0.29) is 23.3 Å². The van der Waals surface area contributed by atoms with E-state index in [2.05, 4.69) is 5.32 Å². The van der Waals surface area contributed by atoms with E-state index >= 15 is 0 Å². The van der Waals surface area contributed by atoms with Gasteiger partial charge in [0.1, 0.15) is 5.60 Å². The lowest BCUT2D eigenvalue weighted by molar-refractivity contribution is -0.384. The van der Waals surface area contributed by atoms with Gasteiger partial charge in [-0.05, 0) is 50.5 Å². The molecule has 3 aromatic rings. The number of hydrogen-bond donors (Lipinski definition) is 1. The summed E-state index contributed by atoms with van der Waals surface area (Å²) in [5.74, 6) is 0.0150. The Morgan fingerprint density at radius 3 is 2.14 bits per heavy atom. The van der Waals surface area contributed by atoms with E-state index in [9.17, 15) is 19.7 Å². The Morgan fingerprint density at radius 1 is 0.944 bits per heavy atom. The van der Waals surface area contributed by atoms with Gasteiger partial charge in [-0.3, -0.25) is 14.9 Å². The van der Waals surface area contributed by atoms with Crippen molar-refractivity contribution in [1.82, 2.24) is 5.32 Å². The van der Waals surface area contributed by atoms with Gasteiger partial charge in [0, 0.05) is 40.8 Å². The van der Waals surface area contributed by atoms with Crippen LogP contribution in [0.3, 0.4) is 0 Å². The predicted molar refractivity (Wildman–Crippen MR) is 142 cm³/mol. The monoisotopic (exact) mass is 506 g/mol. The van der Waals surface area contributed by atoms with E-state index < -0.39 is 16.6 Å². The number of nitro benzene ring substituents is 1. The van der Waals surface area contributed by atoms with E-state index in [4.69, 9.17) is 4.74 Å². The van der Waals surface area contributed by atoms with Crippen LogP contribution < -0.4 is 5.32 Å². The van der Waals surface area contributed by atoms with Crippen molar-refractivity contribution in [2.75, 3.05) is 6.54 Å². The number of thioether (sulfide) groups is 1. The minimum atomic E-state index is -0.618. The second-order valence-electron chi connectivity index (χ2n) is 9.28. The maximum absolute atomic E-state index is 12.9. The van der Waals surface area contributed by atoms with Crippen LogP contribution in [0.5, 0.6) is 0 Å². The topological polar surface area (TPSA) is 98.5 Å². The number of nitro groups is 1. The van der Waals surface area contributed by atoms with Crippen LogP contribution >= 0.6 is 11.8 Å². The SMILES string of the molecule is CC(C)(C)OC(=O)NCC(CCC(=O)c1ccc(-c2ccccc2)cc1)Sc1ccc([N+](=O)[O-])cc1. The third-order valence-electron chi connectivity index (χ3n) is 5.23. The molecule has 0 aliphatic carbocycles. The third-order valence-corrected chi connectivity index (χ3v) is 6.51. The van der Waals surface area contributed by atoms with Crippen molar-refractivity contribution in [3.8, 4) is 11.1 Å². The summed E-state index contributed by atoms with van der Waals surface area (Å²) < 4.78 is 5.32. The highest BCUT2D eigenvalue weighted by Crippen LogP contribution is 2.28. The van der Waals surface area contributed by atoms with Crippen molar-refractivity contribution in [3.63, 3.8) is 0 Å². The average molecular weight is 507 g/mol. The first-order valence-corrected chi connectivity index (χ1v) is 12.6. The molecule has 0 fully saturated rings. The van der Waals surface area contributed by atoms with Gasteiger partial charge in [0.25, 0.3) is 5.69 Å². The summed E-state index contributed by atoms with van der Waals surface area (Å²) in [4.78, 5) is 36.4. The summed E-state index contributed by atoms with van der Waals surface area (Å²) in [5.41, 5.74) is 2.16. The zero-order valence-electron chi connectivity index (χ0n) is 20.6. The van der Waals surface area contributed by atoms with Crippen molar-refractivity contribution >= 4 is 29.3 Å². The molecule has 0 saturated carbocycles. The quantitative estimate of drug-likeness (QED) is 0.139. The van der Waals surface area contributed by atoms with Gasteiger partial charge < -0.3 is 10.1 Å². The van der Waals surface area contributed by atoms with Crippen molar-refractivity contribution in [3.05, 3.63) is 94.5 Å². The number of non-ortho nitro benzene ring substituents is 1. The molecule has 0 aliphatic rings. The second kappa shape index (κ2) is 12.4. The number of Topliss-reactive ketones (excluding diaryl/α,β-unsaturated/α-hetero) is 1. The highest BCUT2D eigenvalue weighted by Gasteiger charge is 2.19. The van der Waals surface area contributed by atoms with Gasteiger partial charge in [0.2, 0.25) is 0 Å². The van der Waals surface area contributed by atoms with Crippen LogP contribution in [0.1, 0.15) is 44.0 Å². The Bertz CT molecular complexity index is 1170. The van der Waals surface area contributed by atoms with Crippen molar-refractivity contribution < 1.29 is 19.2 Å². The highest BCUT2D eigenvalue weighted by atomic mass is 32.2. The minimum absolute atomic E-state index is 0.0110. The van der Waals surface area contributed by atoms with E-state index in [1.807, 2.05) is 54.6 Å². The molecule has 0 aliphatic heterocycles. The molecule has 1 unspecified atom stereocenters. The number of nitrogens with zero attached hydrogens (tertiary/aromatic N) is 1. The van der Waals surface area contributed by atoms with Crippen molar-refractivity contribution in [2.24, 2.45) is 0 Å². The Kier molecular flexibility index (Phi) is 9.25. The number of benzene rings is 3. The molecule has 0 bridgehead atoms. The molecule has 8 heteroatoms. The van der Waals surface area contributed by atoms with E-state index in [1.54, 1.807) is 32.9 Å². The smallest absolute Gasteiger partial charge is 0.407 e. The first kappa shape index (κ1) is 26.9. The predicted octanol–water partition coefficient (Wildman–Crippen LogP) is 6.91. The molecule has 0 spiro atoms. The molecule has 0 aromatic heterocycles. The second-order valence-corrected chi connectivity index (χ2v) is 10.7. The van der Waals surface area contributed by atoms with Gasteiger partial charge in [0.15, 0.2) is 5.78 Å². The minimum Gasteiger partial charge on any atom is -0.444 e. The molecule has 1 amide bonds. The number of hydrogen-bond acceptors (Lipinski definition) is 6. The molecule has 0 heterocycles. The summed E-state index contributed by atoms with van der Waals surface area (Å²) in [6.45, 7) is 5.66. The molecule has 36 heavy (non-hydrogen) atoms. The number of amides is 1. The fourth-order valence-corrected chi connectivity index (χ4v) is 4.55. The fraction of sp³-hybridized carbons (Fsp3) is 0.286. The van der Waals surface area contributed by atoms with Crippen LogP contribution in [0.2, 0.25) is 0 Å². The average Bonchev–Trinajstić information content (AvgIpc) is 2.85. The van der Waals surface area contributed by atoms with Crippen molar-refractivity contribution in [1.29, 1.82) is 0 Å².